The van der Waals surface area contributed by atoms with E-state index in [0.29, 0.717) is 22.2 Å². The van der Waals surface area contributed by atoms with Crippen molar-refractivity contribution in [1.29, 1.82) is 0 Å². The summed E-state index contributed by atoms with van der Waals surface area (Å²) in [5, 5.41) is 14.8. The molecule has 1 atom stereocenters. The van der Waals surface area contributed by atoms with Crippen molar-refractivity contribution in [3.63, 3.8) is 0 Å². The van der Waals surface area contributed by atoms with E-state index in [9.17, 15) is 14.0 Å². The predicted octanol–water partition coefficient (Wildman–Crippen LogP) is 4.12. The van der Waals surface area contributed by atoms with Crippen LogP contribution in [0, 0.1) is 18.7 Å². The highest BCUT2D eigenvalue weighted by Gasteiger charge is 2.25. The van der Waals surface area contributed by atoms with Crippen molar-refractivity contribution in [2.45, 2.75) is 32.0 Å². The second-order valence-electron chi connectivity index (χ2n) is 7.76. The molecule has 0 aliphatic heterocycles. The van der Waals surface area contributed by atoms with E-state index in [2.05, 4.69) is 20.8 Å². The van der Waals surface area contributed by atoms with Crippen molar-refractivity contribution >= 4 is 29.3 Å². The third-order valence-electron chi connectivity index (χ3n) is 4.94. The van der Waals surface area contributed by atoms with E-state index >= 15 is 0 Å². The first kappa shape index (κ1) is 23.5. The van der Waals surface area contributed by atoms with Crippen molar-refractivity contribution in [2.24, 2.45) is 13.0 Å². The van der Waals surface area contributed by atoms with Gasteiger partial charge in [-0.25, -0.2) is 4.39 Å². The van der Waals surface area contributed by atoms with Crippen molar-refractivity contribution in [3.8, 4) is 0 Å². The first-order valence-corrected chi connectivity index (χ1v) is 11.2. The number of rotatable bonds is 8. The molecule has 0 spiro atoms. The van der Waals surface area contributed by atoms with Crippen molar-refractivity contribution in [3.05, 3.63) is 71.3 Å². The zero-order chi connectivity index (χ0) is 23.3. The minimum absolute atomic E-state index is 0.0719. The van der Waals surface area contributed by atoms with E-state index < -0.39 is 5.82 Å². The van der Waals surface area contributed by atoms with Crippen molar-refractivity contribution in [1.82, 2.24) is 20.1 Å². The summed E-state index contributed by atoms with van der Waals surface area (Å²) >= 11 is 1.22. The van der Waals surface area contributed by atoms with Crippen LogP contribution in [0.4, 0.5) is 10.1 Å². The smallest absolute Gasteiger partial charge is 0.251 e. The Kier molecular flexibility index (Phi) is 7.63. The minimum atomic E-state index is -0.409. The summed E-state index contributed by atoms with van der Waals surface area (Å²) in [4.78, 5) is 25.0. The van der Waals surface area contributed by atoms with Gasteiger partial charge in [0.25, 0.3) is 5.91 Å². The lowest BCUT2D eigenvalue weighted by Gasteiger charge is -2.21. The second kappa shape index (κ2) is 10.4. The molecule has 3 rings (SSSR count). The first-order valence-electron chi connectivity index (χ1n) is 10.2. The van der Waals surface area contributed by atoms with Crippen LogP contribution in [0.2, 0.25) is 0 Å². The Morgan fingerprint density at radius 1 is 1.12 bits per heavy atom. The molecule has 0 saturated heterocycles. The number of nitrogens with zero attached hydrogens (tertiary/aromatic N) is 3. The van der Waals surface area contributed by atoms with Crippen LogP contribution in [0.25, 0.3) is 0 Å². The molecule has 1 heterocycles. The summed E-state index contributed by atoms with van der Waals surface area (Å²) < 4.78 is 15.2. The minimum Gasteiger partial charge on any atom is -0.342 e. The molecule has 0 fully saturated rings. The lowest BCUT2D eigenvalue weighted by atomic mass is 10.0. The maximum Gasteiger partial charge on any atom is 0.251 e. The van der Waals surface area contributed by atoms with Gasteiger partial charge >= 0.3 is 0 Å². The van der Waals surface area contributed by atoms with Gasteiger partial charge in [-0.1, -0.05) is 49.9 Å². The van der Waals surface area contributed by atoms with E-state index in [-0.39, 0.29) is 29.5 Å². The molecule has 32 heavy (non-hydrogen) atoms. The number of thioether (sulfide) groups is 1. The van der Waals surface area contributed by atoms with Gasteiger partial charge in [0.05, 0.1) is 11.8 Å². The van der Waals surface area contributed by atoms with Gasteiger partial charge in [0.15, 0.2) is 11.0 Å². The maximum atomic E-state index is 13.4. The van der Waals surface area contributed by atoms with Crippen LogP contribution < -0.4 is 10.6 Å². The van der Waals surface area contributed by atoms with Gasteiger partial charge in [0.1, 0.15) is 5.82 Å². The number of benzene rings is 2. The quantitative estimate of drug-likeness (QED) is 0.499. The van der Waals surface area contributed by atoms with Gasteiger partial charge in [0, 0.05) is 18.3 Å². The summed E-state index contributed by atoms with van der Waals surface area (Å²) in [6.07, 6.45) is 0. The molecule has 2 N–H and O–H groups in total. The van der Waals surface area contributed by atoms with Gasteiger partial charge in [-0.05, 0) is 42.7 Å². The molecule has 1 aromatic heterocycles. The number of hydrogen-bond acceptors (Lipinski definition) is 5. The predicted molar refractivity (Wildman–Crippen MR) is 123 cm³/mol. The average Bonchev–Trinajstić information content (AvgIpc) is 3.13. The Labute approximate surface area is 190 Å². The van der Waals surface area contributed by atoms with Crippen LogP contribution in [0.1, 0.15) is 41.6 Å². The number of aryl methyl sites for hydroxylation is 1. The summed E-state index contributed by atoms with van der Waals surface area (Å²) in [7, 11) is 1.80. The zero-order valence-electron chi connectivity index (χ0n) is 18.4. The highest BCUT2D eigenvalue weighted by Crippen LogP contribution is 2.25. The van der Waals surface area contributed by atoms with Gasteiger partial charge in [-0.3, -0.25) is 9.59 Å². The largest absolute Gasteiger partial charge is 0.342 e. The zero-order valence-corrected chi connectivity index (χ0v) is 19.2. The summed E-state index contributed by atoms with van der Waals surface area (Å²) in [5.41, 5.74) is 1.79. The highest BCUT2D eigenvalue weighted by molar-refractivity contribution is 7.99. The molecule has 0 radical (unpaired) electrons. The van der Waals surface area contributed by atoms with Crippen LogP contribution in [0.15, 0.2) is 53.7 Å². The van der Waals surface area contributed by atoms with Gasteiger partial charge < -0.3 is 15.2 Å². The Morgan fingerprint density at radius 2 is 1.84 bits per heavy atom. The molecule has 2 amide bonds. The fourth-order valence-electron chi connectivity index (χ4n) is 3.11. The summed E-state index contributed by atoms with van der Waals surface area (Å²) in [6.45, 7) is 5.78. The maximum absolute atomic E-state index is 13.4. The highest BCUT2D eigenvalue weighted by atomic mass is 32.2. The SMILES string of the molecule is Cc1ccc(F)cc1NC(=O)CSc1nnc(C(NC(=O)c2ccccc2)C(C)C)n1C. The van der Waals surface area contributed by atoms with E-state index in [1.165, 1.54) is 23.9 Å². The molecule has 1 unspecified atom stereocenters. The lowest BCUT2D eigenvalue weighted by molar-refractivity contribution is -0.113. The monoisotopic (exact) mass is 455 g/mol. The fourth-order valence-corrected chi connectivity index (χ4v) is 3.83. The molecular formula is C23H26FN5O2S. The van der Waals surface area contributed by atoms with Gasteiger partial charge in [-0.2, -0.15) is 0 Å². The van der Waals surface area contributed by atoms with Crippen molar-refractivity contribution in [2.75, 3.05) is 11.1 Å². The molecular weight excluding hydrogens is 429 g/mol. The fraction of sp³-hybridized carbons (Fsp3) is 0.304. The van der Waals surface area contributed by atoms with E-state index in [0.717, 1.165) is 5.56 Å². The molecule has 168 valence electrons. The number of hydrogen-bond donors (Lipinski definition) is 2. The number of aromatic nitrogens is 3. The number of carbonyl (C=O) groups is 2. The molecule has 0 aliphatic carbocycles. The van der Waals surface area contributed by atoms with Crippen LogP contribution in [-0.4, -0.2) is 32.3 Å². The van der Waals surface area contributed by atoms with Crippen molar-refractivity contribution < 1.29 is 14.0 Å². The Bertz CT molecular complexity index is 1100. The lowest BCUT2D eigenvalue weighted by Crippen LogP contribution is -2.33. The van der Waals surface area contributed by atoms with E-state index in [1.807, 2.05) is 32.0 Å². The van der Waals surface area contributed by atoms with Crippen LogP contribution in [0.3, 0.4) is 0 Å². The van der Waals surface area contributed by atoms with Gasteiger partial charge in [0.2, 0.25) is 5.91 Å². The molecule has 2 aromatic carbocycles. The number of halogens is 1. The number of carbonyl (C=O) groups excluding carboxylic acids is 2. The standard InChI is InChI=1S/C23H26FN5O2S/c1-14(2)20(26-22(31)16-8-6-5-7-9-16)21-27-28-23(29(21)4)32-13-19(30)25-18-12-17(24)11-10-15(18)3/h5-12,14,20H,13H2,1-4H3,(H,25,30)(H,26,31). The average molecular weight is 456 g/mol. The number of anilines is 1. The van der Waals surface area contributed by atoms with Gasteiger partial charge in [-0.15, -0.1) is 10.2 Å². The number of nitrogens with one attached hydrogen (secondary N) is 2. The number of amides is 2. The van der Waals surface area contributed by atoms with Crippen LogP contribution >= 0.6 is 11.8 Å². The molecule has 9 heteroatoms. The first-order chi connectivity index (χ1) is 15.3. The van der Waals surface area contributed by atoms with Crippen LogP contribution in [0.5, 0.6) is 0 Å². The molecule has 0 aliphatic rings. The molecule has 7 nitrogen and oxygen atoms in total. The Balaban J connectivity index is 1.67. The molecule has 0 saturated carbocycles. The Morgan fingerprint density at radius 3 is 2.53 bits per heavy atom. The van der Waals surface area contributed by atoms with E-state index in [4.69, 9.17) is 0 Å². The third-order valence-corrected chi connectivity index (χ3v) is 5.96. The summed E-state index contributed by atoms with van der Waals surface area (Å²) in [5.74, 6) is -0.105. The molecule has 0 bridgehead atoms. The summed E-state index contributed by atoms with van der Waals surface area (Å²) in [6, 6.07) is 12.9. The molecule has 3 aromatic rings. The van der Waals surface area contributed by atoms with Crippen LogP contribution in [-0.2, 0) is 11.8 Å². The third kappa shape index (κ3) is 5.73. The second-order valence-corrected chi connectivity index (χ2v) is 8.70. The Hall–Kier alpha value is -3.20. The normalized spacial score (nSPS) is 11.9. The van der Waals surface area contributed by atoms with E-state index in [1.54, 1.807) is 36.7 Å². The topological polar surface area (TPSA) is 88.9 Å².